The van der Waals surface area contributed by atoms with E-state index in [2.05, 4.69) is 10.2 Å². The second-order valence-corrected chi connectivity index (χ2v) is 7.37. The summed E-state index contributed by atoms with van der Waals surface area (Å²) in [6, 6.07) is 13.5. The van der Waals surface area contributed by atoms with Crippen LogP contribution in [0, 0.1) is 31.1 Å². The Bertz CT molecular complexity index is 1090. The molecule has 0 aliphatic heterocycles. The van der Waals surface area contributed by atoms with Gasteiger partial charge in [-0.1, -0.05) is 36.3 Å². The Morgan fingerprint density at radius 3 is 2.35 bits per heavy atom. The Hall–Kier alpha value is -4.06. The van der Waals surface area contributed by atoms with Crippen LogP contribution in [0.4, 0.5) is 6.01 Å². The monoisotopic (exact) mass is 466 g/mol. The first kappa shape index (κ1) is 26.2. The maximum absolute atomic E-state index is 10.8. The fourth-order valence-electron chi connectivity index (χ4n) is 3.07. The fourth-order valence-corrected chi connectivity index (χ4v) is 3.07. The van der Waals surface area contributed by atoms with Crippen molar-refractivity contribution in [3.05, 3.63) is 59.0 Å². The van der Waals surface area contributed by atoms with Crippen molar-refractivity contribution in [2.75, 3.05) is 26.1 Å². The van der Waals surface area contributed by atoms with Gasteiger partial charge < -0.3 is 29.2 Å². The van der Waals surface area contributed by atoms with Gasteiger partial charge >= 0.3 is 6.01 Å². The van der Waals surface area contributed by atoms with Crippen molar-refractivity contribution in [3.8, 4) is 23.3 Å². The molecule has 0 fully saturated rings. The molecule has 3 rings (SSSR count). The number of rotatable bonds is 10. The van der Waals surface area contributed by atoms with Gasteiger partial charge in [0.2, 0.25) is 5.89 Å². The van der Waals surface area contributed by atoms with Gasteiger partial charge in [0.25, 0.3) is 0 Å². The predicted octanol–water partition coefficient (Wildman–Crippen LogP) is 3.87. The molecular weight excluding hydrogens is 436 g/mol. The van der Waals surface area contributed by atoms with Crippen molar-refractivity contribution in [1.29, 1.82) is 5.26 Å². The average Bonchev–Trinajstić information content (AvgIpc) is 3.28. The van der Waals surface area contributed by atoms with Crippen LogP contribution < -0.4 is 19.9 Å². The van der Waals surface area contributed by atoms with E-state index in [1.807, 2.05) is 51.1 Å². The molecule has 1 atom stereocenters. The number of benzene rings is 2. The zero-order valence-electron chi connectivity index (χ0n) is 19.9. The van der Waals surface area contributed by atoms with Crippen molar-refractivity contribution < 1.29 is 23.4 Å². The SMILES string of the molecule is CCc1nnc(N)o1.COc1cc(CC(C#N)C=O)ccc1OCCOc1c(C)cccc1C. The molecule has 2 N–H and O–H groups in total. The van der Waals surface area contributed by atoms with Gasteiger partial charge in [-0.05, 0) is 49.1 Å². The number of aldehydes is 1. The van der Waals surface area contributed by atoms with E-state index < -0.39 is 5.92 Å². The van der Waals surface area contributed by atoms with Gasteiger partial charge in [0.15, 0.2) is 11.5 Å². The highest BCUT2D eigenvalue weighted by molar-refractivity contribution is 5.58. The molecule has 0 aliphatic rings. The predicted molar refractivity (Wildman–Crippen MR) is 127 cm³/mol. The molecule has 9 heteroatoms. The van der Waals surface area contributed by atoms with Gasteiger partial charge in [-0.25, -0.2) is 0 Å². The molecule has 180 valence electrons. The van der Waals surface area contributed by atoms with Crippen LogP contribution in [0.1, 0.15) is 29.5 Å². The molecule has 0 amide bonds. The van der Waals surface area contributed by atoms with E-state index in [1.165, 1.54) is 0 Å². The van der Waals surface area contributed by atoms with E-state index >= 15 is 0 Å². The molecule has 0 bridgehead atoms. The lowest BCUT2D eigenvalue weighted by molar-refractivity contribution is -0.109. The summed E-state index contributed by atoms with van der Waals surface area (Å²) in [6.07, 6.45) is 1.75. The number of carbonyl (C=O) groups excluding carboxylic acids is 1. The number of aryl methyl sites for hydroxylation is 3. The largest absolute Gasteiger partial charge is 0.493 e. The quantitative estimate of drug-likeness (QED) is 0.349. The third kappa shape index (κ3) is 7.81. The second-order valence-electron chi connectivity index (χ2n) is 7.37. The minimum atomic E-state index is -0.655. The van der Waals surface area contributed by atoms with Crippen molar-refractivity contribution in [1.82, 2.24) is 10.2 Å². The Kier molecular flexibility index (Phi) is 10.4. The van der Waals surface area contributed by atoms with Crippen LogP contribution in [0.3, 0.4) is 0 Å². The molecule has 0 spiro atoms. The van der Waals surface area contributed by atoms with Gasteiger partial charge in [-0.2, -0.15) is 5.26 Å². The average molecular weight is 467 g/mol. The van der Waals surface area contributed by atoms with Crippen molar-refractivity contribution in [2.24, 2.45) is 5.92 Å². The maximum Gasteiger partial charge on any atom is 0.312 e. The zero-order chi connectivity index (χ0) is 24.9. The third-order valence-corrected chi connectivity index (χ3v) is 4.79. The van der Waals surface area contributed by atoms with E-state index in [-0.39, 0.29) is 6.01 Å². The Balaban J connectivity index is 0.000000430. The van der Waals surface area contributed by atoms with E-state index in [4.69, 9.17) is 29.6 Å². The minimum absolute atomic E-state index is 0.141. The Morgan fingerprint density at radius 2 is 1.82 bits per heavy atom. The number of nitrogen functional groups attached to an aromatic ring is 1. The number of carbonyl (C=O) groups is 1. The molecule has 3 aromatic rings. The molecule has 2 aromatic carbocycles. The van der Waals surface area contributed by atoms with E-state index in [0.29, 0.717) is 43.3 Å². The van der Waals surface area contributed by atoms with Crippen LogP contribution in [0.25, 0.3) is 0 Å². The summed E-state index contributed by atoms with van der Waals surface area (Å²) in [4.78, 5) is 10.8. The smallest absolute Gasteiger partial charge is 0.312 e. The number of methoxy groups -OCH3 is 1. The standard InChI is InChI=1S/C21H23NO4.C4H7N3O/c1-15-5-4-6-16(2)21(15)26-10-9-25-19-8-7-17(12-20(19)24-3)11-18(13-22)14-23;1-2-3-6-7-4(5)8-3/h4-8,12,14,18H,9-11H2,1-3H3;2H2,1H3,(H2,5,7). The Labute approximate surface area is 199 Å². The van der Waals surface area contributed by atoms with Crippen molar-refractivity contribution in [3.63, 3.8) is 0 Å². The summed E-state index contributed by atoms with van der Waals surface area (Å²) in [5.74, 6) is 1.98. The number of nitrogens with zero attached hydrogens (tertiary/aromatic N) is 3. The summed E-state index contributed by atoms with van der Waals surface area (Å²) in [6.45, 7) is 6.74. The molecule has 1 unspecified atom stereocenters. The van der Waals surface area contributed by atoms with Gasteiger partial charge in [0.1, 0.15) is 31.2 Å². The number of hydrogen-bond donors (Lipinski definition) is 1. The molecule has 34 heavy (non-hydrogen) atoms. The lowest BCUT2D eigenvalue weighted by Crippen LogP contribution is -2.11. The van der Waals surface area contributed by atoms with Crippen molar-refractivity contribution >= 4 is 12.3 Å². The number of hydrogen-bond acceptors (Lipinski definition) is 9. The summed E-state index contributed by atoms with van der Waals surface area (Å²) in [7, 11) is 1.56. The number of nitriles is 1. The van der Waals surface area contributed by atoms with E-state index in [1.54, 1.807) is 19.2 Å². The van der Waals surface area contributed by atoms with Gasteiger partial charge in [-0.3, -0.25) is 0 Å². The lowest BCUT2D eigenvalue weighted by Gasteiger charge is -2.14. The third-order valence-electron chi connectivity index (χ3n) is 4.79. The molecule has 1 heterocycles. The fraction of sp³-hybridized carbons (Fsp3) is 0.360. The summed E-state index contributed by atoms with van der Waals surface area (Å²) in [5.41, 5.74) is 8.14. The van der Waals surface area contributed by atoms with Crippen LogP contribution in [0.15, 0.2) is 40.8 Å². The molecule has 1 aromatic heterocycles. The number of nitrogens with two attached hydrogens (primary N) is 1. The van der Waals surface area contributed by atoms with E-state index in [0.717, 1.165) is 28.9 Å². The van der Waals surface area contributed by atoms with Crippen LogP contribution in [-0.4, -0.2) is 36.8 Å². The number of para-hydroxylation sites is 1. The number of aromatic nitrogens is 2. The Morgan fingerprint density at radius 1 is 1.12 bits per heavy atom. The zero-order valence-corrected chi connectivity index (χ0v) is 19.9. The molecular formula is C25H30N4O5. The normalized spacial score (nSPS) is 10.9. The molecule has 0 radical (unpaired) electrons. The van der Waals surface area contributed by atoms with Crippen LogP contribution in [0.2, 0.25) is 0 Å². The maximum atomic E-state index is 10.8. The summed E-state index contributed by atoms with van der Waals surface area (Å²) in [5, 5.41) is 15.9. The summed E-state index contributed by atoms with van der Waals surface area (Å²) < 4.78 is 21.7. The molecule has 0 aliphatic carbocycles. The van der Waals surface area contributed by atoms with E-state index in [9.17, 15) is 4.79 Å². The topological polar surface area (TPSA) is 133 Å². The van der Waals surface area contributed by atoms with Gasteiger partial charge in [0.05, 0.1) is 13.2 Å². The second kappa shape index (κ2) is 13.5. The number of ether oxygens (including phenoxy) is 3. The highest BCUT2D eigenvalue weighted by Crippen LogP contribution is 2.29. The molecule has 0 saturated heterocycles. The number of anilines is 1. The first-order valence-corrected chi connectivity index (χ1v) is 10.8. The minimum Gasteiger partial charge on any atom is -0.493 e. The van der Waals surface area contributed by atoms with Crippen LogP contribution >= 0.6 is 0 Å². The highest BCUT2D eigenvalue weighted by atomic mass is 16.5. The molecule has 9 nitrogen and oxygen atoms in total. The molecule has 0 saturated carbocycles. The first-order valence-electron chi connectivity index (χ1n) is 10.8. The van der Waals surface area contributed by atoms with Crippen LogP contribution in [-0.2, 0) is 17.6 Å². The summed E-state index contributed by atoms with van der Waals surface area (Å²) >= 11 is 0. The van der Waals surface area contributed by atoms with Crippen molar-refractivity contribution in [2.45, 2.75) is 33.6 Å². The highest BCUT2D eigenvalue weighted by Gasteiger charge is 2.11. The van der Waals surface area contributed by atoms with Crippen LogP contribution in [0.5, 0.6) is 17.2 Å². The first-order chi connectivity index (χ1) is 16.4. The lowest BCUT2D eigenvalue weighted by atomic mass is 10.0. The van der Waals surface area contributed by atoms with Gasteiger partial charge in [0, 0.05) is 6.42 Å². The van der Waals surface area contributed by atoms with Gasteiger partial charge in [-0.15, -0.1) is 5.10 Å².